The molecule has 1 aromatic carbocycles. The summed E-state index contributed by atoms with van der Waals surface area (Å²) in [6, 6.07) is 4.60. The van der Waals surface area contributed by atoms with Crippen molar-refractivity contribution in [2.45, 2.75) is 20.3 Å². The molecular formula is C23H24F2N6O2. The minimum atomic E-state index is -0.789. The molecule has 1 aliphatic carbocycles. The van der Waals surface area contributed by atoms with Crippen LogP contribution in [0.4, 0.5) is 26.3 Å². The summed E-state index contributed by atoms with van der Waals surface area (Å²) in [6.07, 6.45) is 2.22. The van der Waals surface area contributed by atoms with Crippen molar-refractivity contribution in [3.63, 3.8) is 0 Å². The highest BCUT2D eigenvalue weighted by Gasteiger charge is 2.24. The van der Waals surface area contributed by atoms with Crippen LogP contribution in [-0.2, 0) is 6.42 Å². The summed E-state index contributed by atoms with van der Waals surface area (Å²) in [5.41, 5.74) is 2.61. The van der Waals surface area contributed by atoms with Crippen LogP contribution in [0, 0.1) is 18.6 Å². The smallest absolute Gasteiger partial charge is 0.326 e. The fraction of sp³-hybridized carbons (Fsp3) is 0.348. The molecule has 2 aromatic heterocycles. The van der Waals surface area contributed by atoms with Crippen LogP contribution in [-0.4, -0.2) is 53.3 Å². The van der Waals surface area contributed by atoms with Crippen LogP contribution in [0.1, 0.15) is 23.7 Å². The van der Waals surface area contributed by atoms with Crippen molar-refractivity contribution in [2.75, 3.05) is 43.4 Å². The third kappa shape index (κ3) is 4.38. The standard InChI is InChI=1S/C23H24F2N6O2/c1-13-8-15-11-17(24)22(21(25)16(15)9-13)32-23-27-18(26-20-10-14(2)29-33-20)12-19(28-23)31-6-4-30(3)5-7-31/h9-12H,4-8H2,1-3H3,(H,26,27,28). The van der Waals surface area contributed by atoms with Gasteiger partial charge in [0.25, 0.3) is 0 Å². The van der Waals surface area contributed by atoms with Crippen molar-refractivity contribution in [1.82, 2.24) is 20.0 Å². The van der Waals surface area contributed by atoms with Crippen molar-refractivity contribution in [3.05, 3.63) is 52.2 Å². The van der Waals surface area contributed by atoms with E-state index in [-0.39, 0.29) is 6.01 Å². The van der Waals surface area contributed by atoms with Crippen LogP contribution in [0.25, 0.3) is 6.08 Å². The molecule has 3 heterocycles. The Kier molecular flexibility index (Phi) is 5.45. The summed E-state index contributed by atoms with van der Waals surface area (Å²) in [6.45, 7) is 6.91. The molecule has 1 aliphatic heterocycles. The largest absolute Gasteiger partial charge is 0.418 e. The Bertz CT molecular complexity index is 1230. The molecule has 1 fully saturated rings. The number of nitrogens with zero attached hydrogens (tertiary/aromatic N) is 5. The van der Waals surface area contributed by atoms with Crippen molar-refractivity contribution in [2.24, 2.45) is 0 Å². The molecular weight excluding hydrogens is 430 g/mol. The number of fused-ring (bicyclic) bond motifs is 1. The van der Waals surface area contributed by atoms with E-state index in [2.05, 4.69) is 37.3 Å². The lowest BCUT2D eigenvalue weighted by Gasteiger charge is -2.33. The molecule has 1 saturated heterocycles. The number of aromatic nitrogens is 3. The second kappa shape index (κ2) is 8.43. The van der Waals surface area contributed by atoms with Crippen molar-refractivity contribution in [3.8, 4) is 11.8 Å². The van der Waals surface area contributed by atoms with Gasteiger partial charge in [-0.15, -0.1) is 0 Å². The van der Waals surface area contributed by atoms with E-state index in [1.807, 2.05) is 6.92 Å². The average molecular weight is 454 g/mol. The van der Waals surface area contributed by atoms with Crippen molar-refractivity contribution < 1.29 is 18.0 Å². The third-order valence-electron chi connectivity index (χ3n) is 5.75. The molecule has 8 nitrogen and oxygen atoms in total. The van der Waals surface area contributed by atoms with E-state index in [0.29, 0.717) is 40.8 Å². The molecule has 1 N–H and O–H groups in total. The number of benzene rings is 1. The number of halogens is 2. The molecule has 172 valence electrons. The van der Waals surface area contributed by atoms with Crippen molar-refractivity contribution in [1.29, 1.82) is 0 Å². The summed E-state index contributed by atoms with van der Waals surface area (Å²) in [4.78, 5) is 13.1. The number of likely N-dealkylation sites (N-methyl/N-ethyl adjacent to an activating group) is 1. The first-order chi connectivity index (χ1) is 15.9. The van der Waals surface area contributed by atoms with E-state index in [4.69, 9.17) is 9.26 Å². The van der Waals surface area contributed by atoms with Gasteiger partial charge in [-0.1, -0.05) is 16.8 Å². The molecule has 3 aromatic rings. The van der Waals surface area contributed by atoms with Gasteiger partial charge >= 0.3 is 6.01 Å². The molecule has 0 saturated carbocycles. The first-order valence-electron chi connectivity index (χ1n) is 10.7. The number of allylic oxidation sites excluding steroid dienone is 1. The maximum absolute atomic E-state index is 15.1. The third-order valence-corrected chi connectivity index (χ3v) is 5.75. The molecule has 0 amide bonds. The van der Waals surface area contributed by atoms with E-state index in [9.17, 15) is 4.39 Å². The molecule has 10 heteroatoms. The van der Waals surface area contributed by atoms with Crippen LogP contribution in [0.3, 0.4) is 0 Å². The molecule has 33 heavy (non-hydrogen) atoms. The van der Waals surface area contributed by atoms with Crippen LogP contribution >= 0.6 is 0 Å². The van der Waals surface area contributed by atoms with Gasteiger partial charge in [-0.05, 0) is 38.9 Å². The second-order valence-corrected chi connectivity index (χ2v) is 8.49. The maximum Gasteiger partial charge on any atom is 0.326 e. The van der Waals surface area contributed by atoms with Crippen LogP contribution in [0.15, 0.2) is 28.3 Å². The Labute approximate surface area is 189 Å². The summed E-state index contributed by atoms with van der Waals surface area (Å²) < 4.78 is 40.7. The SMILES string of the molecule is CC1=Cc2c(cc(F)c(Oc3nc(Nc4cc(C)no4)cc(N4CCN(C)CC4)n3)c2F)C1. The second-order valence-electron chi connectivity index (χ2n) is 8.49. The van der Waals surface area contributed by atoms with Gasteiger partial charge in [0, 0.05) is 43.9 Å². The number of anilines is 3. The Hall–Kier alpha value is -3.53. The summed E-state index contributed by atoms with van der Waals surface area (Å²) >= 11 is 0. The summed E-state index contributed by atoms with van der Waals surface area (Å²) in [7, 11) is 2.06. The minimum Gasteiger partial charge on any atom is -0.418 e. The van der Waals surface area contributed by atoms with Crippen LogP contribution < -0.4 is 15.0 Å². The van der Waals surface area contributed by atoms with Crippen LogP contribution in [0.2, 0.25) is 0 Å². The number of hydrogen-bond acceptors (Lipinski definition) is 8. The number of piperazine rings is 1. The number of nitrogens with one attached hydrogen (secondary N) is 1. The predicted octanol–water partition coefficient (Wildman–Crippen LogP) is 4.30. The predicted molar refractivity (Wildman–Crippen MR) is 120 cm³/mol. The van der Waals surface area contributed by atoms with Gasteiger partial charge in [-0.2, -0.15) is 9.97 Å². The Balaban J connectivity index is 1.50. The summed E-state index contributed by atoms with van der Waals surface area (Å²) in [5.74, 6) is -0.722. The molecule has 5 rings (SSSR count). The minimum absolute atomic E-state index is 0.165. The van der Waals surface area contributed by atoms with Gasteiger partial charge < -0.3 is 24.4 Å². The Morgan fingerprint density at radius 3 is 2.58 bits per heavy atom. The monoisotopic (exact) mass is 454 g/mol. The molecule has 2 aliphatic rings. The zero-order valence-electron chi connectivity index (χ0n) is 18.7. The maximum atomic E-state index is 15.1. The Morgan fingerprint density at radius 2 is 1.85 bits per heavy atom. The van der Waals surface area contributed by atoms with Gasteiger partial charge in [-0.25, -0.2) is 8.78 Å². The lowest BCUT2D eigenvalue weighted by atomic mass is 10.1. The Morgan fingerprint density at radius 1 is 1.06 bits per heavy atom. The highest BCUT2D eigenvalue weighted by molar-refractivity contribution is 5.66. The molecule has 0 atom stereocenters. The van der Waals surface area contributed by atoms with Crippen molar-refractivity contribution >= 4 is 23.6 Å². The number of aryl methyl sites for hydroxylation is 1. The highest BCUT2D eigenvalue weighted by atomic mass is 19.1. The lowest BCUT2D eigenvalue weighted by Crippen LogP contribution is -2.44. The molecule has 0 unspecified atom stereocenters. The van der Waals surface area contributed by atoms with Crippen LogP contribution in [0.5, 0.6) is 11.8 Å². The topological polar surface area (TPSA) is 79.5 Å². The lowest BCUT2D eigenvalue weighted by molar-refractivity contribution is 0.311. The highest BCUT2D eigenvalue weighted by Crippen LogP contribution is 2.36. The molecule has 0 bridgehead atoms. The normalized spacial score (nSPS) is 16.0. The van der Waals surface area contributed by atoms with Gasteiger partial charge in [0.05, 0.1) is 5.69 Å². The van der Waals surface area contributed by atoms with E-state index in [1.165, 1.54) is 6.07 Å². The van der Waals surface area contributed by atoms with Gasteiger partial charge in [0.2, 0.25) is 11.6 Å². The average Bonchev–Trinajstić information content (AvgIpc) is 3.36. The fourth-order valence-corrected chi connectivity index (χ4v) is 4.02. The fourth-order valence-electron chi connectivity index (χ4n) is 4.02. The first kappa shape index (κ1) is 21.3. The van der Waals surface area contributed by atoms with Gasteiger partial charge in [0.15, 0.2) is 11.6 Å². The van der Waals surface area contributed by atoms with E-state index in [0.717, 1.165) is 31.8 Å². The zero-order chi connectivity index (χ0) is 23.1. The van der Waals surface area contributed by atoms with Gasteiger partial charge in [-0.3, -0.25) is 0 Å². The number of ether oxygens (including phenoxy) is 1. The molecule has 0 radical (unpaired) electrons. The van der Waals surface area contributed by atoms with E-state index >= 15 is 4.39 Å². The number of hydrogen-bond donors (Lipinski definition) is 1. The van der Waals surface area contributed by atoms with E-state index < -0.39 is 17.4 Å². The van der Waals surface area contributed by atoms with Gasteiger partial charge in [0.1, 0.15) is 11.6 Å². The van der Waals surface area contributed by atoms with E-state index in [1.54, 1.807) is 25.1 Å². The molecule has 0 spiro atoms. The summed E-state index contributed by atoms with van der Waals surface area (Å²) in [5, 5.41) is 6.87. The zero-order valence-corrected chi connectivity index (χ0v) is 18.7. The first-order valence-corrected chi connectivity index (χ1v) is 10.7. The number of rotatable bonds is 5. The quantitative estimate of drug-likeness (QED) is 0.612.